The molecule has 2 rings (SSSR count). The van der Waals surface area contributed by atoms with Crippen molar-refractivity contribution >= 4 is 11.6 Å². The highest BCUT2D eigenvalue weighted by atomic mass is 19.1. The Hall–Kier alpha value is -2.70. The normalized spacial score (nSPS) is 12.0. The van der Waals surface area contributed by atoms with Crippen molar-refractivity contribution in [1.29, 1.82) is 0 Å². The summed E-state index contributed by atoms with van der Waals surface area (Å²) in [7, 11) is 0. The molecular weight excluding hydrogens is 303 g/mol. The first-order valence-corrected chi connectivity index (χ1v) is 7.03. The summed E-state index contributed by atoms with van der Waals surface area (Å²) in [5.74, 6) is 0.0251. The Kier molecular flexibility index (Phi) is 4.49. The number of carbonyl (C=O) groups excluding carboxylic acids is 1. The summed E-state index contributed by atoms with van der Waals surface area (Å²) in [5, 5.41) is 13.6. The molecule has 0 aliphatic heterocycles. The summed E-state index contributed by atoms with van der Waals surface area (Å²) in [4.78, 5) is 22.5. The predicted octanol–water partition coefficient (Wildman–Crippen LogP) is 3.74. The predicted molar refractivity (Wildman–Crippen MR) is 81.9 cm³/mol. The molecule has 0 fully saturated rings. The topological polar surface area (TPSA) is 85.4 Å². The largest absolute Gasteiger partial charge is 0.466 e. The monoisotopic (exact) mass is 320 g/mol. The number of nitro benzene ring substituents is 1. The zero-order chi connectivity index (χ0) is 17.3. The third-order valence-corrected chi connectivity index (χ3v) is 3.67. The van der Waals surface area contributed by atoms with Gasteiger partial charge < -0.3 is 9.73 Å². The van der Waals surface area contributed by atoms with Gasteiger partial charge in [0.2, 0.25) is 0 Å². The van der Waals surface area contributed by atoms with Crippen LogP contribution in [0.2, 0.25) is 0 Å². The fraction of sp³-hybridized carbons (Fsp3) is 0.312. The number of benzene rings is 1. The van der Waals surface area contributed by atoms with Crippen LogP contribution in [0.25, 0.3) is 0 Å². The molecule has 0 saturated carbocycles. The van der Waals surface area contributed by atoms with Crippen molar-refractivity contribution in [3.8, 4) is 0 Å². The minimum absolute atomic E-state index is 0.0930. The van der Waals surface area contributed by atoms with Crippen LogP contribution in [-0.4, -0.2) is 10.8 Å². The van der Waals surface area contributed by atoms with Crippen LogP contribution < -0.4 is 5.32 Å². The first kappa shape index (κ1) is 16.7. The van der Waals surface area contributed by atoms with E-state index in [1.54, 1.807) is 26.8 Å². The number of hydrogen-bond donors (Lipinski definition) is 1. The molecule has 0 spiro atoms. The number of nitrogens with one attached hydrogen (secondary N) is 1. The SMILES string of the molecule is Cc1cc(C(C)NC(=O)c2cc(F)c(C)c([N+](=O)[O-])c2)c(C)o1. The van der Waals surface area contributed by atoms with Gasteiger partial charge in [0.1, 0.15) is 17.3 Å². The lowest BCUT2D eigenvalue weighted by Gasteiger charge is -2.13. The van der Waals surface area contributed by atoms with E-state index in [0.29, 0.717) is 5.76 Å². The highest BCUT2D eigenvalue weighted by Crippen LogP contribution is 2.24. The Labute approximate surface area is 132 Å². The molecule has 0 aliphatic carbocycles. The smallest absolute Gasteiger partial charge is 0.276 e. The molecule has 1 amide bonds. The molecule has 1 aromatic carbocycles. The van der Waals surface area contributed by atoms with E-state index in [1.807, 2.05) is 0 Å². The van der Waals surface area contributed by atoms with Crippen molar-refractivity contribution in [3.63, 3.8) is 0 Å². The maximum absolute atomic E-state index is 13.8. The van der Waals surface area contributed by atoms with Gasteiger partial charge in [-0.2, -0.15) is 0 Å². The Morgan fingerprint density at radius 3 is 2.48 bits per heavy atom. The van der Waals surface area contributed by atoms with Crippen molar-refractivity contribution in [3.05, 3.63) is 62.3 Å². The van der Waals surface area contributed by atoms with Crippen molar-refractivity contribution in [2.45, 2.75) is 33.7 Å². The van der Waals surface area contributed by atoms with E-state index < -0.39 is 22.3 Å². The fourth-order valence-electron chi connectivity index (χ4n) is 2.42. The molecule has 6 nitrogen and oxygen atoms in total. The quantitative estimate of drug-likeness (QED) is 0.687. The number of nitro groups is 1. The number of nitrogens with zero attached hydrogens (tertiary/aromatic N) is 1. The maximum Gasteiger partial charge on any atom is 0.276 e. The number of aryl methyl sites for hydroxylation is 2. The summed E-state index contributed by atoms with van der Waals surface area (Å²) in [6, 6.07) is 3.51. The van der Waals surface area contributed by atoms with Gasteiger partial charge in [-0.25, -0.2) is 4.39 Å². The molecule has 7 heteroatoms. The number of halogens is 1. The minimum atomic E-state index is -0.785. The lowest BCUT2D eigenvalue weighted by Crippen LogP contribution is -2.27. The van der Waals surface area contributed by atoms with Crippen LogP contribution >= 0.6 is 0 Å². The molecule has 1 atom stereocenters. The lowest BCUT2D eigenvalue weighted by atomic mass is 10.1. The summed E-state index contributed by atoms with van der Waals surface area (Å²) >= 11 is 0. The molecule has 1 aromatic heterocycles. The number of hydrogen-bond acceptors (Lipinski definition) is 4. The molecule has 0 radical (unpaired) electrons. The van der Waals surface area contributed by atoms with E-state index >= 15 is 0 Å². The van der Waals surface area contributed by atoms with Crippen molar-refractivity contribution < 1.29 is 18.5 Å². The molecule has 122 valence electrons. The van der Waals surface area contributed by atoms with Crippen LogP contribution in [0.15, 0.2) is 22.6 Å². The molecule has 0 bridgehead atoms. The van der Waals surface area contributed by atoms with Crippen molar-refractivity contribution in [2.24, 2.45) is 0 Å². The van der Waals surface area contributed by atoms with E-state index in [4.69, 9.17) is 4.42 Å². The summed E-state index contributed by atoms with van der Waals surface area (Å²) in [5.41, 5.74) is 0.196. The Morgan fingerprint density at radius 2 is 1.96 bits per heavy atom. The molecule has 1 N–H and O–H groups in total. The van der Waals surface area contributed by atoms with Crippen LogP contribution in [0.4, 0.5) is 10.1 Å². The molecule has 0 aliphatic rings. The third kappa shape index (κ3) is 3.39. The van der Waals surface area contributed by atoms with E-state index in [9.17, 15) is 19.3 Å². The summed E-state index contributed by atoms with van der Waals surface area (Å²) in [6.07, 6.45) is 0. The van der Waals surface area contributed by atoms with Crippen LogP contribution in [0.1, 0.15) is 46.0 Å². The summed E-state index contributed by atoms with van der Waals surface area (Å²) in [6.45, 7) is 6.63. The molecule has 1 heterocycles. The number of furan rings is 1. The number of rotatable bonds is 4. The van der Waals surface area contributed by atoms with Crippen LogP contribution in [-0.2, 0) is 0 Å². The van der Waals surface area contributed by atoms with Gasteiger partial charge in [0.25, 0.3) is 11.6 Å². The first-order chi connectivity index (χ1) is 10.7. The highest BCUT2D eigenvalue weighted by molar-refractivity contribution is 5.95. The standard InChI is InChI=1S/C16H17FN2O4/c1-8-5-13(11(4)23-8)10(3)18-16(20)12-6-14(17)9(2)15(7-12)19(21)22/h5-7,10H,1-4H3,(H,18,20). The number of carbonyl (C=O) groups is 1. The van der Waals surface area contributed by atoms with Crippen LogP contribution in [0, 0.1) is 36.7 Å². The molecule has 1 unspecified atom stereocenters. The van der Waals surface area contributed by atoms with Crippen LogP contribution in [0.5, 0.6) is 0 Å². The average Bonchev–Trinajstić information content (AvgIpc) is 2.80. The second-order valence-electron chi connectivity index (χ2n) is 5.42. The van der Waals surface area contributed by atoms with E-state index in [1.165, 1.54) is 6.92 Å². The zero-order valence-electron chi connectivity index (χ0n) is 13.3. The number of amides is 1. The molecule has 2 aromatic rings. The van der Waals surface area contributed by atoms with Gasteiger partial charge in [-0.1, -0.05) is 0 Å². The van der Waals surface area contributed by atoms with Gasteiger partial charge in [0.15, 0.2) is 0 Å². The van der Waals surface area contributed by atoms with Gasteiger partial charge in [-0.15, -0.1) is 0 Å². The van der Waals surface area contributed by atoms with Crippen LogP contribution in [0.3, 0.4) is 0 Å². The molecular formula is C16H17FN2O4. The average molecular weight is 320 g/mol. The Balaban J connectivity index is 2.27. The maximum atomic E-state index is 13.8. The lowest BCUT2D eigenvalue weighted by molar-refractivity contribution is -0.385. The third-order valence-electron chi connectivity index (χ3n) is 3.67. The van der Waals surface area contributed by atoms with E-state index in [0.717, 1.165) is 23.5 Å². The minimum Gasteiger partial charge on any atom is -0.466 e. The van der Waals surface area contributed by atoms with Crippen molar-refractivity contribution in [1.82, 2.24) is 5.32 Å². The highest BCUT2D eigenvalue weighted by Gasteiger charge is 2.21. The Morgan fingerprint density at radius 1 is 1.30 bits per heavy atom. The fourth-order valence-corrected chi connectivity index (χ4v) is 2.42. The molecule has 0 saturated heterocycles. The Bertz CT molecular complexity index is 783. The van der Waals surface area contributed by atoms with E-state index in [-0.39, 0.29) is 17.2 Å². The second kappa shape index (κ2) is 6.20. The van der Waals surface area contributed by atoms with Crippen molar-refractivity contribution in [2.75, 3.05) is 0 Å². The first-order valence-electron chi connectivity index (χ1n) is 7.03. The second-order valence-corrected chi connectivity index (χ2v) is 5.42. The van der Waals surface area contributed by atoms with Gasteiger partial charge in [0, 0.05) is 17.2 Å². The molecule has 23 heavy (non-hydrogen) atoms. The van der Waals surface area contributed by atoms with Gasteiger partial charge >= 0.3 is 0 Å². The van der Waals surface area contributed by atoms with Gasteiger partial charge in [-0.3, -0.25) is 14.9 Å². The van der Waals surface area contributed by atoms with E-state index in [2.05, 4.69) is 5.32 Å². The summed E-state index contributed by atoms with van der Waals surface area (Å²) < 4.78 is 19.2. The zero-order valence-corrected chi connectivity index (χ0v) is 13.3. The van der Waals surface area contributed by atoms with Gasteiger partial charge in [0.05, 0.1) is 16.5 Å². The van der Waals surface area contributed by atoms with Gasteiger partial charge in [-0.05, 0) is 39.8 Å².